The van der Waals surface area contributed by atoms with Crippen LogP contribution >= 0.6 is 0 Å². The minimum absolute atomic E-state index is 0.415. The topological polar surface area (TPSA) is 43.5 Å². The molecular weight excluding hydrogens is 276 g/mol. The van der Waals surface area contributed by atoms with Crippen LogP contribution in [0.4, 0.5) is 5.69 Å². The van der Waals surface area contributed by atoms with Gasteiger partial charge in [-0.15, -0.1) is 0 Å². The molecule has 1 heterocycles. The van der Waals surface area contributed by atoms with E-state index in [1.807, 2.05) is 24.3 Å². The molecule has 22 heavy (non-hydrogen) atoms. The lowest BCUT2D eigenvalue weighted by Crippen LogP contribution is -2.01. The summed E-state index contributed by atoms with van der Waals surface area (Å²) in [6.07, 6.45) is 3.49. The fraction of sp³-hybridized carbons (Fsp3) is 0.0556. The van der Waals surface area contributed by atoms with Crippen LogP contribution in [0, 0.1) is 6.57 Å². The third-order valence-electron chi connectivity index (χ3n) is 3.50. The maximum Gasteiger partial charge on any atom is 0.337 e. The molecule has 0 amide bonds. The van der Waals surface area contributed by atoms with Crippen LogP contribution in [-0.4, -0.2) is 18.1 Å². The summed E-state index contributed by atoms with van der Waals surface area (Å²) in [7, 11) is 1.34. The zero-order valence-corrected chi connectivity index (χ0v) is 11.9. The zero-order chi connectivity index (χ0) is 15.5. The monoisotopic (exact) mass is 288 g/mol. The van der Waals surface area contributed by atoms with Gasteiger partial charge in [0.15, 0.2) is 5.69 Å². The Bertz CT molecular complexity index is 905. The largest absolute Gasteiger partial charge is 0.465 e. The molecule has 0 saturated carbocycles. The van der Waals surface area contributed by atoms with Gasteiger partial charge in [-0.05, 0) is 16.5 Å². The van der Waals surface area contributed by atoms with E-state index in [1.54, 1.807) is 30.6 Å². The van der Waals surface area contributed by atoms with Crippen molar-refractivity contribution in [1.29, 1.82) is 0 Å². The first-order valence-corrected chi connectivity index (χ1v) is 6.67. The summed E-state index contributed by atoms with van der Waals surface area (Å²) in [6.45, 7) is 7.35. The molecule has 4 nitrogen and oxygen atoms in total. The minimum Gasteiger partial charge on any atom is -0.465 e. The average molecular weight is 288 g/mol. The van der Waals surface area contributed by atoms with E-state index in [1.165, 1.54) is 7.11 Å². The Hall–Kier alpha value is -3.19. The van der Waals surface area contributed by atoms with Gasteiger partial charge in [0.25, 0.3) is 0 Å². The molecule has 0 saturated heterocycles. The standard InChI is InChI=1S/C18H12N2O2/c1-19-17-8-7-12(18(21)22-2)9-15(17)16-11-20-10-13-5-3-4-6-14(13)16/h3-11H,2H3. The molecule has 1 aromatic heterocycles. The van der Waals surface area contributed by atoms with Crippen molar-refractivity contribution in [1.82, 2.24) is 4.98 Å². The molecule has 0 spiro atoms. The first kappa shape index (κ1) is 13.8. The molecule has 0 unspecified atom stereocenters. The number of esters is 1. The van der Waals surface area contributed by atoms with E-state index in [4.69, 9.17) is 11.3 Å². The first-order valence-electron chi connectivity index (χ1n) is 6.67. The highest BCUT2D eigenvalue weighted by molar-refractivity contribution is 6.01. The van der Waals surface area contributed by atoms with E-state index in [9.17, 15) is 4.79 Å². The number of carbonyl (C=O) groups excluding carboxylic acids is 1. The maximum absolute atomic E-state index is 11.7. The van der Waals surface area contributed by atoms with Crippen molar-refractivity contribution in [3.63, 3.8) is 0 Å². The molecule has 0 bridgehead atoms. The van der Waals surface area contributed by atoms with Gasteiger partial charge >= 0.3 is 5.97 Å². The molecule has 0 aliphatic rings. The summed E-state index contributed by atoms with van der Waals surface area (Å²) in [5.41, 5.74) is 2.40. The second-order valence-corrected chi connectivity index (χ2v) is 4.74. The van der Waals surface area contributed by atoms with Crippen LogP contribution in [0.25, 0.3) is 26.7 Å². The third kappa shape index (κ3) is 2.29. The summed E-state index contributed by atoms with van der Waals surface area (Å²) in [5.74, 6) is -0.425. The fourth-order valence-corrected chi connectivity index (χ4v) is 2.43. The number of hydrogen-bond donors (Lipinski definition) is 0. The molecule has 3 aromatic rings. The quantitative estimate of drug-likeness (QED) is 0.523. The van der Waals surface area contributed by atoms with Crippen molar-refractivity contribution in [3.05, 3.63) is 71.8 Å². The van der Waals surface area contributed by atoms with Gasteiger partial charge < -0.3 is 4.74 Å². The summed E-state index contributed by atoms with van der Waals surface area (Å²) in [6, 6.07) is 12.7. The highest BCUT2D eigenvalue weighted by atomic mass is 16.5. The van der Waals surface area contributed by atoms with Crippen LogP contribution in [0.15, 0.2) is 54.9 Å². The molecule has 0 aliphatic carbocycles. The summed E-state index contributed by atoms with van der Waals surface area (Å²) < 4.78 is 4.76. The number of carbonyl (C=O) groups is 1. The number of nitrogens with zero attached hydrogens (tertiary/aromatic N) is 2. The first-order chi connectivity index (χ1) is 10.7. The number of ether oxygens (including phenoxy) is 1. The molecule has 0 atom stereocenters. The van der Waals surface area contributed by atoms with E-state index < -0.39 is 5.97 Å². The van der Waals surface area contributed by atoms with Crippen LogP contribution in [0.3, 0.4) is 0 Å². The number of hydrogen-bond acceptors (Lipinski definition) is 3. The van der Waals surface area contributed by atoms with Crippen molar-refractivity contribution in [2.24, 2.45) is 0 Å². The van der Waals surface area contributed by atoms with E-state index in [0.29, 0.717) is 16.8 Å². The number of aromatic nitrogens is 1. The predicted molar refractivity (Wildman–Crippen MR) is 84.8 cm³/mol. The number of rotatable bonds is 2. The van der Waals surface area contributed by atoms with Gasteiger partial charge in [-0.3, -0.25) is 4.98 Å². The molecule has 106 valence electrons. The van der Waals surface area contributed by atoms with Gasteiger partial charge in [0.05, 0.1) is 19.2 Å². The molecule has 4 heteroatoms. The number of pyridine rings is 1. The minimum atomic E-state index is -0.425. The lowest BCUT2D eigenvalue weighted by Gasteiger charge is -2.10. The van der Waals surface area contributed by atoms with Gasteiger partial charge in [0.2, 0.25) is 0 Å². The van der Waals surface area contributed by atoms with E-state index in [0.717, 1.165) is 16.3 Å². The summed E-state index contributed by atoms with van der Waals surface area (Å²) in [5, 5.41) is 1.98. The highest BCUT2D eigenvalue weighted by Gasteiger charge is 2.13. The Balaban J connectivity index is 2.30. The van der Waals surface area contributed by atoms with Crippen LogP contribution in [0.2, 0.25) is 0 Å². The van der Waals surface area contributed by atoms with E-state index in [2.05, 4.69) is 9.83 Å². The van der Waals surface area contributed by atoms with Crippen molar-refractivity contribution in [2.45, 2.75) is 0 Å². The molecule has 0 radical (unpaired) electrons. The van der Waals surface area contributed by atoms with Crippen molar-refractivity contribution < 1.29 is 9.53 Å². The Kier molecular flexibility index (Phi) is 3.55. The molecule has 2 aromatic carbocycles. The molecule has 0 aliphatic heterocycles. The van der Waals surface area contributed by atoms with Crippen molar-refractivity contribution >= 4 is 22.4 Å². The second-order valence-electron chi connectivity index (χ2n) is 4.74. The average Bonchev–Trinajstić information content (AvgIpc) is 2.60. The van der Waals surface area contributed by atoms with Crippen LogP contribution < -0.4 is 0 Å². The predicted octanol–water partition coefficient (Wildman–Crippen LogP) is 4.24. The van der Waals surface area contributed by atoms with E-state index in [-0.39, 0.29) is 0 Å². The lowest BCUT2D eigenvalue weighted by atomic mass is 9.98. The van der Waals surface area contributed by atoms with E-state index >= 15 is 0 Å². The Morgan fingerprint density at radius 1 is 1.14 bits per heavy atom. The number of benzene rings is 2. The Labute approximate surface area is 127 Å². The van der Waals surface area contributed by atoms with Gasteiger partial charge in [-0.2, -0.15) is 0 Å². The highest BCUT2D eigenvalue weighted by Crippen LogP contribution is 2.35. The van der Waals surface area contributed by atoms with Crippen LogP contribution in [-0.2, 0) is 4.74 Å². The number of fused-ring (bicyclic) bond motifs is 1. The van der Waals surface area contributed by atoms with Crippen molar-refractivity contribution in [3.8, 4) is 11.1 Å². The van der Waals surface area contributed by atoms with Crippen LogP contribution in [0.1, 0.15) is 10.4 Å². The van der Waals surface area contributed by atoms with Gasteiger partial charge in [0.1, 0.15) is 0 Å². The van der Waals surface area contributed by atoms with Crippen molar-refractivity contribution in [2.75, 3.05) is 7.11 Å². The smallest absolute Gasteiger partial charge is 0.337 e. The maximum atomic E-state index is 11.7. The summed E-state index contributed by atoms with van der Waals surface area (Å²) in [4.78, 5) is 19.5. The SMILES string of the molecule is [C-]#[N+]c1ccc(C(=O)OC)cc1-c1cncc2ccccc12. The van der Waals surface area contributed by atoms with Gasteiger partial charge in [-0.25, -0.2) is 9.64 Å². The Morgan fingerprint density at radius 2 is 1.95 bits per heavy atom. The Morgan fingerprint density at radius 3 is 2.73 bits per heavy atom. The number of methoxy groups -OCH3 is 1. The lowest BCUT2D eigenvalue weighted by molar-refractivity contribution is 0.0601. The van der Waals surface area contributed by atoms with Gasteiger partial charge in [0, 0.05) is 17.8 Å². The van der Waals surface area contributed by atoms with Gasteiger partial charge in [-0.1, -0.05) is 42.5 Å². The summed E-state index contributed by atoms with van der Waals surface area (Å²) >= 11 is 0. The molecular formula is C18H12N2O2. The third-order valence-corrected chi connectivity index (χ3v) is 3.50. The van der Waals surface area contributed by atoms with Crippen LogP contribution in [0.5, 0.6) is 0 Å². The molecule has 0 fully saturated rings. The second kappa shape index (κ2) is 5.66. The normalized spacial score (nSPS) is 10.2. The molecule has 0 N–H and O–H groups in total. The zero-order valence-electron chi connectivity index (χ0n) is 11.9. The fourth-order valence-electron chi connectivity index (χ4n) is 2.43. The molecule has 3 rings (SSSR count).